The minimum Gasteiger partial charge on any atom is -0.359 e. The summed E-state index contributed by atoms with van der Waals surface area (Å²) in [6.07, 6.45) is 0.295. The van der Waals surface area contributed by atoms with Crippen molar-refractivity contribution in [2.75, 3.05) is 12.4 Å². The summed E-state index contributed by atoms with van der Waals surface area (Å²) in [5, 5.41) is 9.51. The number of carbonyl (C=O) groups is 2. The molecule has 2 heterocycles. The summed E-state index contributed by atoms with van der Waals surface area (Å²) in [6.45, 7) is 3.74. The number of aromatic nitrogens is 4. The van der Waals surface area contributed by atoms with Crippen LogP contribution in [0, 0.1) is 13.8 Å². The molecule has 3 rings (SSSR count). The number of nitrogens with zero attached hydrogens (tertiary/aromatic N) is 4. The first kappa shape index (κ1) is 16.6. The zero-order valence-electron chi connectivity index (χ0n) is 14.2. The third-order valence-corrected chi connectivity index (χ3v) is 3.68. The molecule has 0 bridgehead atoms. The molecule has 0 aliphatic rings. The Kier molecular flexibility index (Phi) is 4.42. The molecule has 0 radical (unpaired) electrons. The minimum atomic E-state index is -0.415. The molecule has 128 valence electrons. The number of nitrogens with one attached hydrogen (secondary N) is 2. The highest BCUT2D eigenvalue weighted by Crippen LogP contribution is 2.12. The van der Waals surface area contributed by atoms with Gasteiger partial charge in [-0.1, -0.05) is 12.1 Å². The Morgan fingerprint density at radius 3 is 2.52 bits per heavy atom. The molecule has 8 nitrogen and oxygen atoms in total. The number of carbonyl (C=O) groups excluding carboxylic acids is 2. The Bertz CT molecular complexity index is 946. The maximum Gasteiger partial charge on any atom is 0.295 e. The van der Waals surface area contributed by atoms with Gasteiger partial charge in [0, 0.05) is 24.1 Å². The molecule has 0 atom stereocenters. The van der Waals surface area contributed by atoms with Crippen LogP contribution in [0.1, 0.15) is 27.6 Å². The summed E-state index contributed by atoms with van der Waals surface area (Å²) in [6, 6.07) is 8.92. The van der Waals surface area contributed by atoms with Gasteiger partial charge in [-0.15, -0.1) is 5.10 Å². The van der Waals surface area contributed by atoms with Gasteiger partial charge >= 0.3 is 0 Å². The van der Waals surface area contributed by atoms with E-state index in [1.807, 2.05) is 19.9 Å². The molecule has 1 aromatic carbocycles. The summed E-state index contributed by atoms with van der Waals surface area (Å²) >= 11 is 0. The zero-order chi connectivity index (χ0) is 18.0. The summed E-state index contributed by atoms with van der Waals surface area (Å²) in [5.74, 6) is -0.0373. The largest absolute Gasteiger partial charge is 0.359 e. The first-order chi connectivity index (χ1) is 12.0. The molecule has 0 saturated heterocycles. The van der Waals surface area contributed by atoms with Gasteiger partial charge < -0.3 is 10.6 Å². The summed E-state index contributed by atoms with van der Waals surface area (Å²) in [5.41, 5.74) is 3.13. The van der Waals surface area contributed by atoms with E-state index in [1.165, 1.54) is 4.52 Å². The molecule has 25 heavy (non-hydrogen) atoms. The average Bonchev–Trinajstić information content (AvgIpc) is 3.01. The van der Waals surface area contributed by atoms with E-state index in [4.69, 9.17) is 0 Å². The minimum absolute atomic E-state index is 0.0515. The molecule has 2 N–H and O–H groups in total. The first-order valence-electron chi connectivity index (χ1n) is 7.78. The number of fused-ring (bicyclic) bond motifs is 1. The second-order valence-corrected chi connectivity index (χ2v) is 5.69. The molecule has 0 aliphatic heterocycles. The van der Waals surface area contributed by atoms with E-state index in [-0.39, 0.29) is 11.7 Å². The number of rotatable bonds is 4. The Labute approximate surface area is 144 Å². The molecular formula is C17H18N6O2. The van der Waals surface area contributed by atoms with Gasteiger partial charge in [-0.2, -0.15) is 4.98 Å². The Morgan fingerprint density at radius 1 is 1.12 bits per heavy atom. The van der Waals surface area contributed by atoms with Crippen LogP contribution in [-0.2, 0) is 11.2 Å². The fourth-order valence-corrected chi connectivity index (χ4v) is 2.43. The molecule has 0 unspecified atom stereocenters. The molecule has 2 amide bonds. The number of amides is 2. The number of hydrogen-bond acceptors (Lipinski definition) is 5. The highest BCUT2D eigenvalue weighted by atomic mass is 16.2. The molecule has 2 aromatic heterocycles. The van der Waals surface area contributed by atoms with E-state index in [1.54, 1.807) is 31.3 Å². The van der Waals surface area contributed by atoms with Crippen LogP contribution in [0.15, 0.2) is 30.3 Å². The van der Waals surface area contributed by atoms with E-state index in [0.717, 1.165) is 17.0 Å². The van der Waals surface area contributed by atoms with Crippen LogP contribution in [0.3, 0.4) is 0 Å². The summed E-state index contributed by atoms with van der Waals surface area (Å²) in [7, 11) is 1.59. The van der Waals surface area contributed by atoms with Crippen LogP contribution < -0.4 is 10.6 Å². The van der Waals surface area contributed by atoms with Crippen molar-refractivity contribution in [1.29, 1.82) is 0 Å². The smallest absolute Gasteiger partial charge is 0.295 e. The molecule has 3 aromatic rings. The summed E-state index contributed by atoms with van der Waals surface area (Å²) in [4.78, 5) is 32.1. The first-order valence-corrected chi connectivity index (χ1v) is 7.78. The maximum atomic E-state index is 12.3. The zero-order valence-corrected chi connectivity index (χ0v) is 14.2. The topological polar surface area (TPSA) is 101 Å². The Hall–Kier alpha value is -3.29. The van der Waals surface area contributed by atoms with Crippen molar-refractivity contribution < 1.29 is 9.59 Å². The lowest BCUT2D eigenvalue weighted by Crippen LogP contribution is -2.19. The van der Waals surface area contributed by atoms with Gasteiger partial charge in [0.05, 0.1) is 6.42 Å². The van der Waals surface area contributed by atoms with E-state index >= 15 is 0 Å². The van der Waals surface area contributed by atoms with Gasteiger partial charge in [0.1, 0.15) is 0 Å². The number of benzene rings is 1. The Morgan fingerprint density at radius 2 is 1.84 bits per heavy atom. The van der Waals surface area contributed by atoms with Crippen LogP contribution in [0.25, 0.3) is 5.78 Å². The molecule has 8 heteroatoms. The molecule has 0 saturated carbocycles. The highest BCUT2D eigenvalue weighted by molar-refractivity contribution is 6.01. The quantitative estimate of drug-likeness (QED) is 0.746. The molecule has 0 aliphatic carbocycles. The van der Waals surface area contributed by atoms with E-state index < -0.39 is 5.91 Å². The van der Waals surface area contributed by atoms with Crippen molar-refractivity contribution in [3.8, 4) is 0 Å². The van der Waals surface area contributed by atoms with Gasteiger partial charge in [0.2, 0.25) is 11.7 Å². The SMILES string of the molecule is CNC(=O)Cc1ccc(NC(=O)c2nc3nc(C)cc(C)n3n2)cc1. The molecule has 0 spiro atoms. The standard InChI is InChI=1S/C17H18N6O2/c1-10-8-11(2)23-17(19-10)21-15(22-23)16(25)20-13-6-4-12(5-7-13)9-14(24)18-3/h4-8H,9H2,1-3H3,(H,18,24)(H,20,25). The van der Waals surface area contributed by atoms with Crippen molar-refractivity contribution in [2.24, 2.45) is 0 Å². The van der Waals surface area contributed by atoms with Crippen molar-refractivity contribution in [3.05, 3.63) is 53.1 Å². The monoisotopic (exact) mass is 338 g/mol. The van der Waals surface area contributed by atoms with Crippen molar-refractivity contribution in [3.63, 3.8) is 0 Å². The molecular weight excluding hydrogens is 320 g/mol. The normalized spacial score (nSPS) is 10.7. The van der Waals surface area contributed by atoms with Crippen LogP contribution in [0.4, 0.5) is 5.69 Å². The second-order valence-electron chi connectivity index (χ2n) is 5.69. The lowest BCUT2D eigenvalue weighted by atomic mass is 10.1. The van der Waals surface area contributed by atoms with Crippen LogP contribution >= 0.6 is 0 Å². The van der Waals surface area contributed by atoms with Crippen molar-refractivity contribution >= 4 is 23.3 Å². The van der Waals surface area contributed by atoms with E-state index in [2.05, 4.69) is 25.7 Å². The number of aryl methyl sites for hydroxylation is 2. The summed E-state index contributed by atoms with van der Waals surface area (Å²) < 4.78 is 1.54. The molecule has 0 fully saturated rings. The fraction of sp³-hybridized carbons (Fsp3) is 0.235. The van der Waals surface area contributed by atoms with Crippen LogP contribution in [0.5, 0.6) is 0 Å². The van der Waals surface area contributed by atoms with Crippen LogP contribution in [0.2, 0.25) is 0 Å². The Balaban J connectivity index is 1.76. The number of anilines is 1. The van der Waals surface area contributed by atoms with Gasteiger partial charge in [0.25, 0.3) is 11.7 Å². The van der Waals surface area contributed by atoms with Crippen molar-refractivity contribution in [2.45, 2.75) is 20.3 Å². The van der Waals surface area contributed by atoms with Gasteiger partial charge in [-0.25, -0.2) is 9.50 Å². The second kappa shape index (κ2) is 6.68. The van der Waals surface area contributed by atoms with Gasteiger partial charge in [0.15, 0.2) is 0 Å². The van der Waals surface area contributed by atoms with Gasteiger partial charge in [-0.05, 0) is 37.6 Å². The highest BCUT2D eigenvalue weighted by Gasteiger charge is 2.15. The van der Waals surface area contributed by atoms with Crippen molar-refractivity contribution in [1.82, 2.24) is 24.9 Å². The van der Waals surface area contributed by atoms with Gasteiger partial charge in [-0.3, -0.25) is 9.59 Å². The lowest BCUT2D eigenvalue weighted by molar-refractivity contribution is -0.119. The maximum absolute atomic E-state index is 12.3. The number of likely N-dealkylation sites (N-methyl/N-ethyl adjacent to an activating group) is 1. The van der Waals surface area contributed by atoms with E-state index in [0.29, 0.717) is 17.9 Å². The van der Waals surface area contributed by atoms with E-state index in [9.17, 15) is 9.59 Å². The van der Waals surface area contributed by atoms with Crippen LogP contribution in [-0.4, -0.2) is 38.4 Å². The third kappa shape index (κ3) is 3.63. The predicted octanol–water partition coefficient (Wildman–Crippen LogP) is 1.28. The fourth-order valence-electron chi connectivity index (χ4n) is 2.43. The lowest BCUT2D eigenvalue weighted by Gasteiger charge is -2.04. The predicted molar refractivity (Wildman–Crippen MR) is 92.4 cm³/mol. The third-order valence-electron chi connectivity index (χ3n) is 3.68. The number of hydrogen-bond donors (Lipinski definition) is 2. The average molecular weight is 338 g/mol.